The summed E-state index contributed by atoms with van der Waals surface area (Å²) in [6.45, 7) is 2.99. The van der Waals surface area contributed by atoms with Crippen molar-refractivity contribution >= 4 is 38.9 Å². The SMILES string of the molecule is CCCn1ccnc1SCC(O)=C(C#N)c1nc2ccccc2s1. The first kappa shape index (κ1) is 16.6. The number of aromatic nitrogens is 3. The molecule has 2 heterocycles. The predicted molar refractivity (Wildman–Crippen MR) is 98.0 cm³/mol. The molecule has 24 heavy (non-hydrogen) atoms. The van der Waals surface area contributed by atoms with Crippen molar-refractivity contribution < 1.29 is 5.11 Å². The van der Waals surface area contributed by atoms with Crippen molar-refractivity contribution in [1.29, 1.82) is 5.26 Å². The molecule has 2 aromatic heterocycles. The molecule has 7 heteroatoms. The molecule has 0 aliphatic rings. The lowest BCUT2D eigenvalue weighted by molar-refractivity contribution is 0.420. The number of imidazole rings is 1. The number of benzene rings is 1. The van der Waals surface area contributed by atoms with Gasteiger partial charge in [0.15, 0.2) is 5.16 Å². The van der Waals surface area contributed by atoms with E-state index in [9.17, 15) is 10.4 Å². The second-order valence-electron chi connectivity index (χ2n) is 5.11. The molecule has 1 aromatic carbocycles. The Morgan fingerprint density at radius 1 is 1.42 bits per heavy atom. The zero-order chi connectivity index (χ0) is 16.9. The Morgan fingerprint density at radius 3 is 3.00 bits per heavy atom. The van der Waals surface area contributed by atoms with Gasteiger partial charge in [0.2, 0.25) is 0 Å². The summed E-state index contributed by atoms with van der Waals surface area (Å²) in [7, 11) is 0. The number of thiazole rings is 1. The summed E-state index contributed by atoms with van der Waals surface area (Å²) in [5.41, 5.74) is 1.07. The summed E-state index contributed by atoms with van der Waals surface area (Å²) in [6.07, 6.45) is 4.68. The van der Waals surface area contributed by atoms with Crippen LogP contribution in [0.5, 0.6) is 0 Å². The quantitative estimate of drug-likeness (QED) is 0.400. The van der Waals surface area contributed by atoms with E-state index in [1.54, 1.807) is 6.20 Å². The fraction of sp³-hybridized carbons (Fsp3) is 0.235. The Balaban J connectivity index is 1.82. The molecule has 0 saturated carbocycles. The van der Waals surface area contributed by atoms with Crippen LogP contribution in [0, 0.1) is 11.3 Å². The highest BCUT2D eigenvalue weighted by atomic mass is 32.2. The molecular weight excluding hydrogens is 340 g/mol. The number of nitrogens with zero attached hydrogens (tertiary/aromatic N) is 4. The molecular formula is C17H16N4OS2. The maximum absolute atomic E-state index is 10.4. The van der Waals surface area contributed by atoms with E-state index in [0.29, 0.717) is 10.8 Å². The number of fused-ring (bicyclic) bond motifs is 1. The molecule has 0 aliphatic carbocycles. The number of para-hydroxylation sites is 1. The summed E-state index contributed by atoms with van der Waals surface area (Å²) in [5, 5.41) is 21.2. The van der Waals surface area contributed by atoms with Crippen LogP contribution >= 0.6 is 23.1 Å². The fourth-order valence-electron chi connectivity index (χ4n) is 2.27. The van der Waals surface area contributed by atoms with Crippen LogP contribution in [0.2, 0.25) is 0 Å². The third-order valence-corrected chi connectivity index (χ3v) is 5.46. The zero-order valence-corrected chi connectivity index (χ0v) is 14.8. The van der Waals surface area contributed by atoms with E-state index in [2.05, 4.69) is 23.0 Å². The van der Waals surface area contributed by atoms with Gasteiger partial charge in [-0.3, -0.25) is 0 Å². The summed E-state index contributed by atoms with van der Waals surface area (Å²) in [4.78, 5) is 8.74. The van der Waals surface area contributed by atoms with E-state index in [1.807, 2.05) is 35.0 Å². The maximum atomic E-state index is 10.4. The van der Waals surface area contributed by atoms with Gasteiger partial charge in [-0.2, -0.15) is 5.26 Å². The van der Waals surface area contributed by atoms with Gasteiger partial charge < -0.3 is 9.67 Å². The Labute approximate surface area is 148 Å². The molecule has 0 bridgehead atoms. The van der Waals surface area contributed by atoms with Gasteiger partial charge >= 0.3 is 0 Å². The lowest BCUT2D eigenvalue weighted by Gasteiger charge is -2.06. The van der Waals surface area contributed by atoms with E-state index >= 15 is 0 Å². The molecule has 5 nitrogen and oxygen atoms in total. The van der Waals surface area contributed by atoms with Crippen LogP contribution in [0.1, 0.15) is 18.4 Å². The number of hydrogen-bond acceptors (Lipinski definition) is 6. The first-order valence-corrected chi connectivity index (χ1v) is 9.35. The van der Waals surface area contributed by atoms with Gasteiger partial charge in [-0.1, -0.05) is 30.8 Å². The second-order valence-corrected chi connectivity index (χ2v) is 7.09. The lowest BCUT2D eigenvalue weighted by Crippen LogP contribution is -1.99. The molecule has 0 radical (unpaired) electrons. The van der Waals surface area contributed by atoms with Crippen molar-refractivity contribution in [2.24, 2.45) is 0 Å². The molecule has 0 spiro atoms. The summed E-state index contributed by atoms with van der Waals surface area (Å²) in [6, 6.07) is 9.79. The molecule has 3 rings (SSSR count). The zero-order valence-electron chi connectivity index (χ0n) is 13.1. The van der Waals surface area contributed by atoms with E-state index in [1.165, 1.54) is 23.1 Å². The Morgan fingerprint density at radius 2 is 2.25 bits per heavy atom. The van der Waals surface area contributed by atoms with Gasteiger partial charge in [0.05, 0.1) is 16.0 Å². The Bertz CT molecular complexity index is 887. The Kier molecular flexibility index (Phi) is 5.18. The first-order valence-electron chi connectivity index (χ1n) is 7.55. The molecule has 0 atom stereocenters. The van der Waals surface area contributed by atoms with E-state index in [4.69, 9.17) is 0 Å². The predicted octanol–water partition coefficient (Wildman–Crippen LogP) is 4.49. The highest BCUT2D eigenvalue weighted by Crippen LogP contribution is 2.29. The van der Waals surface area contributed by atoms with Gasteiger partial charge in [0.25, 0.3) is 0 Å². The third kappa shape index (κ3) is 3.45. The number of aliphatic hydroxyl groups excluding tert-OH is 1. The number of aryl methyl sites for hydroxylation is 1. The molecule has 3 aromatic rings. The van der Waals surface area contributed by atoms with Crippen molar-refractivity contribution in [1.82, 2.24) is 14.5 Å². The minimum atomic E-state index is 0.0348. The van der Waals surface area contributed by atoms with Crippen LogP contribution in [0.25, 0.3) is 15.8 Å². The van der Waals surface area contributed by atoms with E-state index in [0.717, 1.165) is 28.3 Å². The second kappa shape index (κ2) is 7.51. The largest absolute Gasteiger partial charge is 0.510 e. The van der Waals surface area contributed by atoms with Crippen LogP contribution in [-0.2, 0) is 6.54 Å². The van der Waals surface area contributed by atoms with Gasteiger partial charge in [0, 0.05) is 18.9 Å². The highest BCUT2D eigenvalue weighted by molar-refractivity contribution is 7.99. The van der Waals surface area contributed by atoms with Gasteiger partial charge in [0.1, 0.15) is 22.4 Å². The van der Waals surface area contributed by atoms with Crippen molar-refractivity contribution in [3.05, 3.63) is 47.4 Å². The minimum absolute atomic E-state index is 0.0348. The van der Waals surface area contributed by atoms with Gasteiger partial charge in [-0.15, -0.1) is 11.3 Å². The number of hydrogen-bond donors (Lipinski definition) is 1. The van der Waals surface area contributed by atoms with Crippen molar-refractivity contribution in [3.8, 4) is 6.07 Å². The monoisotopic (exact) mass is 356 g/mol. The number of allylic oxidation sites excluding steroid dienone is 1. The first-order chi connectivity index (χ1) is 11.7. The number of rotatable bonds is 6. The van der Waals surface area contributed by atoms with Crippen molar-refractivity contribution in [3.63, 3.8) is 0 Å². The summed E-state index contributed by atoms with van der Waals surface area (Å²) < 4.78 is 3.04. The van der Waals surface area contributed by atoms with Crippen LogP contribution in [-0.4, -0.2) is 25.4 Å². The lowest BCUT2D eigenvalue weighted by atomic mass is 10.2. The van der Waals surface area contributed by atoms with Gasteiger partial charge in [-0.25, -0.2) is 9.97 Å². The summed E-state index contributed by atoms with van der Waals surface area (Å²) in [5.74, 6) is 0.326. The van der Waals surface area contributed by atoms with Crippen molar-refractivity contribution in [2.75, 3.05) is 5.75 Å². The molecule has 0 fully saturated rings. The van der Waals surface area contributed by atoms with E-state index < -0.39 is 0 Å². The number of thioether (sulfide) groups is 1. The standard InChI is InChI=1S/C17H16N4OS2/c1-2-8-21-9-7-19-17(21)23-11-14(22)12(10-18)16-20-13-5-3-4-6-15(13)24-16/h3-7,9,22H,2,8,11H2,1H3. The van der Waals surface area contributed by atoms with E-state index in [-0.39, 0.29) is 11.3 Å². The highest BCUT2D eigenvalue weighted by Gasteiger charge is 2.15. The Hall–Kier alpha value is -2.30. The fourth-order valence-corrected chi connectivity index (χ4v) is 4.11. The van der Waals surface area contributed by atoms with Crippen LogP contribution in [0.15, 0.2) is 47.6 Å². The average molecular weight is 356 g/mol. The third-order valence-electron chi connectivity index (χ3n) is 3.39. The number of nitriles is 1. The molecule has 0 amide bonds. The topological polar surface area (TPSA) is 74.7 Å². The van der Waals surface area contributed by atoms with Crippen LogP contribution in [0.4, 0.5) is 0 Å². The smallest absolute Gasteiger partial charge is 0.168 e. The van der Waals surface area contributed by atoms with Crippen molar-refractivity contribution in [2.45, 2.75) is 25.0 Å². The molecule has 1 N–H and O–H groups in total. The van der Waals surface area contributed by atoms with Gasteiger partial charge in [-0.05, 0) is 18.6 Å². The van der Waals surface area contributed by atoms with Crippen LogP contribution < -0.4 is 0 Å². The van der Waals surface area contributed by atoms with Crippen LogP contribution in [0.3, 0.4) is 0 Å². The molecule has 122 valence electrons. The number of aliphatic hydroxyl groups is 1. The minimum Gasteiger partial charge on any atom is -0.510 e. The molecule has 0 saturated heterocycles. The maximum Gasteiger partial charge on any atom is 0.168 e. The average Bonchev–Trinajstić information content (AvgIpc) is 3.20. The molecule has 0 unspecified atom stereocenters. The normalized spacial score (nSPS) is 12.2. The molecule has 0 aliphatic heterocycles. The summed E-state index contributed by atoms with van der Waals surface area (Å²) >= 11 is 2.83.